The Kier molecular flexibility index (Phi) is 2.29. The molecule has 0 bridgehead atoms. The lowest BCUT2D eigenvalue weighted by molar-refractivity contribution is 1.17. The molecule has 13 heavy (non-hydrogen) atoms. The molecule has 0 aliphatic heterocycles. The van der Waals surface area contributed by atoms with Crippen molar-refractivity contribution in [3.05, 3.63) is 34.7 Å². The predicted molar refractivity (Wildman–Crippen MR) is 55.1 cm³/mol. The number of thiophene rings is 1. The van der Waals surface area contributed by atoms with Gasteiger partial charge in [-0.15, -0.1) is 11.3 Å². The van der Waals surface area contributed by atoms with Crippen LogP contribution in [0, 0.1) is 6.92 Å². The minimum absolute atomic E-state index is 0.511. The first-order chi connectivity index (χ1) is 6.27. The highest BCUT2D eigenvalue weighted by molar-refractivity contribution is 7.15. The SMILES string of the molecule is Cc1ccc(-c2cncnc2Cl)s1. The van der Waals surface area contributed by atoms with Crippen molar-refractivity contribution in [3.8, 4) is 10.4 Å². The number of aryl methyl sites for hydroxylation is 1. The Morgan fingerprint density at radius 2 is 2.23 bits per heavy atom. The molecule has 0 N–H and O–H groups in total. The Labute approximate surface area is 85.2 Å². The minimum Gasteiger partial charge on any atom is -0.244 e. The molecule has 0 fully saturated rings. The van der Waals surface area contributed by atoms with Gasteiger partial charge >= 0.3 is 0 Å². The maximum Gasteiger partial charge on any atom is 0.141 e. The van der Waals surface area contributed by atoms with Crippen LogP contribution in [0.3, 0.4) is 0 Å². The molecule has 2 heterocycles. The largest absolute Gasteiger partial charge is 0.244 e. The van der Waals surface area contributed by atoms with Crippen LogP contribution in [-0.4, -0.2) is 9.97 Å². The van der Waals surface area contributed by atoms with Crippen LogP contribution in [0.5, 0.6) is 0 Å². The maximum absolute atomic E-state index is 5.92. The predicted octanol–water partition coefficient (Wildman–Crippen LogP) is 3.17. The number of halogens is 1. The summed E-state index contributed by atoms with van der Waals surface area (Å²) >= 11 is 7.61. The highest BCUT2D eigenvalue weighted by atomic mass is 35.5. The second-order valence-electron chi connectivity index (χ2n) is 2.64. The van der Waals surface area contributed by atoms with Crippen LogP contribution in [0.4, 0.5) is 0 Å². The van der Waals surface area contributed by atoms with Gasteiger partial charge < -0.3 is 0 Å². The van der Waals surface area contributed by atoms with Crippen LogP contribution in [0.2, 0.25) is 5.15 Å². The van der Waals surface area contributed by atoms with Crippen LogP contribution in [0.25, 0.3) is 10.4 Å². The number of hydrogen-bond acceptors (Lipinski definition) is 3. The molecule has 0 saturated carbocycles. The quantitative estimate of drug-likeness (QED) is 0.676. The molecule has 0 aromatic carbocycles. The van der Waals surface area contributed by atoms with Gasteiger partial charge in [-0.2, -0.15) is 0 Å². The highest BCUT2D eigenvalue weighted by Crippen LogP contribution is 2.30. The molecule has 2 aromatic rings. The van der Waals surface area contributed by atoms with Crippen molar-refractivity contribution in [2.24, 2.45) is 0 Å². The van der Waals surface area contributed by atoms with Crippen molar-refractivity contribution < 1.29 is 0 Å². The fraction of sp³-hybridized carbons (Fsp3) is 0.111. The molecule has 0 saturated heterocycles. The Hall–Kier alpha value is -0.930. The van der Waals surface area contributed by atoms with Crippen LogP contribution >= 0.6 is 22.9 Å². The van der Waals surface area contributed by atoms with Gasteiger partial charge in [-0.1, -0.05) is 11.6 Å². The topological polar surface area (TPSA) is 25.8 Å². The van der Waals surface area contributed by atoms with Gasteiger partial charge in [-0.3, -0.25) is 0 Å². The molecule has 2 nitrogen and oxygen atoms in total. The van der Waals surface area contributed by atoms with Gasteiger partial charge in [0.1, 0.15) is 11.5 Å². The maximum atomic E-state index is 5.92. The van der Waals surface area contributed by atoms with Gasteiger partial charge in [0.25, 0.3) is 0 Å². The van der Waals surface area contributed by atoms with Gasteiger partial charge in [0.2, 0.25) is 0 Å². The zero-order valence-electron chi connectivity index (χ0n) is 6.99. The van der Waals surface area contributed by atoms with E-state index in [4.69, 9.17) is 11.6 Å². The van der Waals surface area contributed by atoms with E-state index >= 15 is 0 Å². The van der Waals surface area contributed by atoms with E-state index < -0.39 is 0 Å². The summed E-state index contributed by atoms with van der Waals surface area (Å²) in [5.41, 5.74) is 0.905. The molecule has 0 radical (unpaired) electrons. The molecular weight excluding hydrogens is 204 g/mol. The Morgan fingerprint density at radius 3 is 2.85 bits per heavy atom. The molecule has 0 atom stereocenters. The summed E-state index contributed by atoms with van der Waals surface area (Å²) in [7, 11) is 0. The van der Waals surface area contributed by atoms with E-state index in [-0.39, 0.29) is 0 Å². The van der Waals surface area contributed by atoms with E-state index in [1.807, 2.05) is 6.07 Å². The van der Waals surface area contributed by atoms with Gasteiger partial charge in [-0.05, 0) is 19.1 Å². The molecular formula is C9H7ClN2S. The van der Waals surface area contributed by atoms with E-state index in [0.717, 1.165) is 10.4 Å². The Balaban J connectivity index is 2.52. The van der Waals surface area contributed by atoms with Gasteiger partial charge in [0.15, 0.2) is 0 Å². The molecule has 0 amide bonds. The standard InChI is InChI=1S/C9H7ClN2S/c1-6-2-3-8(13-6)7-4-11-5-12-9(7)10/h2-5H,1H3. The van der Waals surface area contributed by atoms with Crippen molar-refractivity contribution in [3.63, 3.8) is 0 Å². The summed E-state index contributed by atoms with van der Waals surface area (Å²) in [6, 6.07) is 4.09. The number of nitrogens with zero attached hydrogens (tertiary/aromatic N) is 2. The molecule has 0 spiro atoms. The van der Waals surface area contributed by atoms with Crippen LogP contribution in [0.15, 0.2) is 24.7 Å². The third kappa shape index (κ3) is 1.71. The lowest BCUT2D eigenvalue weighted by Crippen LogP contribution is -1.81. The molecule has 0 aliphatic carbocycles. The molecule has 0 unspecified atom stereocenters. The number of rotatable bonds is 1. The fourth-order valence-electron chi connectivity index (χ4n) is 1.06. The van der Waals surface area contributed by atoms with Gasteiger partial charge in [0, 0.05) is 21.5 Å². The summed E-state index contributed by atoms with van der Waals surface area (Å²) in [4.78, 5) is 10.2. The van der Waals surface area contributed by atoms with Crippen LogP contribution in [-0.2, 0) is 0 Å². The zero-order chi connectivity index (χ0) is 9.26. The zero-order valence-corrected chi connectivity index (χ0v) is 8.56. The average molecular weight is 211 g/mol. The summed E-state index contributed by atoms with van der Waals surface area (Å²) in [5, 5.41) is 0.511. The van der Waals surface area contributed by atoms with Crippen molar-refractivity contribution in [1.29, 1.82) is 0 Å². The number of hydrogen-bond donors (Lipinski definition) is 0. The lowest BCUT2D eigenvalue weighted by atomic mass is 10.3. The average Bonchev–Trinajstić information content (AvgIpc) is 2.53. The fourth-order valence-corrected chi connectivity index (χ4v) is 2.19. The summed E-state index contributed by atoms with van der Waals surface area (Å²) in [5.74, 6) is 0. The smallest absolute Gasteiger partial charge is 0.141 e. The molecule has 4 heteroatoms. The lowest BCUT2D eigenvalue weighted by Gasteiger charge is -1.97. The van der Waals surface area contributed by atoms with Gasteiger partial charge in [0.05, 0.1) is 0 Å². The monoisotopic (exact) mass is 210 g/mol. The van der Waals surface area contributed by atoms with Crippen LogP contribution in [0.1, 0.15) is 4.88 Å². The van der Waals surface area contributed by atoms with E-state index in [2.05, 4.69) is 23.0 Å². The summed E-state index contributed by atoms with van der Waals surface area (Å²) < 4.78 is 0. The molecule has 2 rings (SSSR count). The second-order valence-corrected chi connectivity index (χ2v) is 4.28. The molecule has 66 valence electrons. The summed E-state index contributed by atoms with van der Waals surface area (Å²) in [6.45, 7) is 2.06. The second kappa shape index (κ2) is 3.44. The van der Waals surface area contributed by atoms with Gasteiger partial charge in [-0.25, -0.2) is 9.97 Å². The highest BCUT2D eigenvalue weighted by Gasteiger charge is 2.05. The van der Waals surface area contributed by atoms with Crippen molar-refractivity contribution in [1.82, 2.24) is 9.97 Å². The van der Waals surface area contributed by atoms with E-state index in [1.54, 1.807) is 17.5 Å². The first-order valence-electron chi connectivity index (χ1n) is 3.79. The molecule has 2 aromatic heterocycles. The first-order valence-corrected chi connectivity index (χ1v) is 4.99. The number of aromatic nitrogens is 2. The van der Waals surface area contributed by atoms with E-state index in [1.165, 1.54) is 11.2 Å². The van der Waals surface area contributed by atoms with Crippen molar-refractivity contribution in [2.75, 3.05) is 0 Å². The Morgan fingerprint density at radius 1 is 1.38 bits per heavy atom. The van der Waals surface area contributed by atoms with E-state index in [0.29, 0.717) is 5.15 Å². The minimum atomic E-state index is 0.511. The van der Waals surface area contributed by atoms with E-state index in [9.17, 15) is 0 Å². The third-order valence-electron chi connectivity index (χ3n) is 1.67. The Bertz CT molecular complexity index is 425. The first kappa shape index (κ1) is 8.66. The summed E-state index contributed by atoms with van der Waals surface area (Å²) in [6.07, 6.45) is 3.19. The third-order valence-corrected chi connectivity index (χ3v) is 3.00. The molecule has 0 aliphatic rings. The van der Waals surface area contributed by atoms with Crippen molar-refractivity contribution in [2.45, 2.75) is 6.92 Å². The normalized spacial score (nSPS) is 10.3. The van der Waals surface area contributed by atoms with Crippen LogP contribution < -0.4 is 0 Å². The van der Waals surface area contributed by atoms with Crippen molar-refractivity contribution >= 4 is 22.9 Å².